The van der Waals surface area contributed by atoms with Crippen molar-refractivity contribution in [2.75, 3.05) is 0 Å². The molecule has 0 aromatic heterocycles. The number of carbonyl (C=O) groups excluding carboxylic acids is 1. The molecule has 1 aliphatic heterocycles. The van der Waals surface area contributed by atoms with Crippen LogP contribution in [0.15, 0.2) is 4.99 Å². The maximum absolute atomic E-state index is 12.3. The molecular weight excluding hydrogens is 250 g/mol. The minimum atomic E-state index is -0.477. The first-order valence-corrected chi connectivity index (χ1v) is 7.48. The number of terminal acetylenes is 1. The highest BCUT2D eigenvalue weighted by Crippen LogP contribution is 2.47. The maximum atomic E-state index is 12.3. The van der Waals surface area contributed by atoms with Crippen LogP contribution in [0.2, 0.25) is 0 Å². The topological polar surface area (TPSA) is 58.7 Å². The standard InChI is InChI=1S/C16H25N3O/c1-6-12(5)19-15(20)18-14(17)16(19)9-11(4)7-8-13(16)10(2)3/h1,10-13H,7-9H2,2-5H3,(H2,17,18,20). The normalized spacial score (nSPS) is 35.3. The van der Waals surface area contributed by atoms with Gasteiger partial charge in [-0.1, -0.05) is 33.1 Å². The number of urea groups is 1. The fourth-order valence-electron chi connectivity index (χ4n) is 4.08. The second-order valence-corrected chi connectivity index (χ2v) is 6.65. The molecule has 20 heavy (non-hydrogen) atoms. The van der Waals surface area contributed by atoms with Gasteiger partial charge in [0.15, 0.2) is 0 Å². The lowest BCUT2D eigenvalue weighted by Gasteiger charge is -2.51. The summed E-state index contributed by atoms with van der Waals surface area (Å²) in [7, 11) is 0. The Bertz CT molecular complexity index is 477. The van der Waals surface area contributed by atoms with Gasteiger partial charge in [-0.15, -0.1) is 6.42 Å². The quantitative estimate of drug-likeness (QED) is 0.788. The Kier molecular flexibility index (Phi) is 3.82. The molecular formula is C16H25N3O. The van der Waals surface area contributed by atoms with Crippen LogP contribution in [0.1, 0.15) is 47.0 Å². The summed E-state index contributed by atoms with van der Waals surface area (Å²) in [6.07, 6.45) is 8.67. The third kappa shape index (κ3) is 2.00. The molecule has 2 amide bonds. The summed E-state index contributed by atoms with van der Waals surface area (Å²) < 4.78 is 0. The van der Waals surface area contributed by atoms with Crippen molar-refractivity contribution in [1.82, 2.24) is 4.90 Å². The van der Waals surface area contributed by atoms with Gasteiger partial charge in [-0.3, -0.25) is 4.90 Å². The Morgan fingerprint density at radius 1 is 1.45 bits per heavy atom. The van der Waals surface area contributed by atoms with E-state index in [-0.39, 0.29) is 12.1 Å². The first-order valence-electron chi connectivity index (χ1n) is 7.48. The highest BCUT2D eigenvalue weighted by molar-refractivity contribution is 6.06. The average molecular weight is 275 g/mol. The maximum Gasteiger partial charge on any atom is 0.347 e. The molecule has 2 N–H and O–H groups in total. The van der Waals surface area contributed by atoms with Crippen LogP contribution in [0.5, 0.6) is 0 Å². The lowest BCUT2D eigenvalue weighted by molar-refractivity contribution is 0.0409. The number of amides is 2. The van der Waals surface area contributed by atoms with E-state index in [2.05, 4.69) is 31.7 Å². The lowest BCUT2D eigenvalue weighted by Crippen LogP contribution is -2.64. The number of nitrogens with zero attached hydrogens (tertiary/aromatic N) is 2. The van der Waals surface area contributed by atoms with Gasteiger partial charge in [-0.25, -0.2) is 4.79 Å². The monoisotopic (exact) mass is 275 g/mol. The van der Waals surface area contributed by atoms with E-state index < -0.39 is 5.54 Å². The van der Waals surface area contributed by atoms with Crippen molar-refractivity contribution >= 4 is 11.9 Å². The highest BCUT2D eigenvalue weighted by atomic mass is 16.2. The molecule has 4 nitrogen and oxygen atoms in total. The largest absolute Gasteiger partial charge is 0.385 e. The molecule has 2 aliphatic rings. The number of hydrogen-bond donors (Lipinski definition) is 1. The fourth-order valence-corrected chi connectivity index (χ4v) is 4.08. The zero-order chi connectivity index (χ0) is 15.1. The molecule has 0 aromatic rings. The van der Waals surface area contributed by atoms with E-state index in [9.17, 15) is 4.79 Å². The zero-order valence-corrected chi connectivity index (χ0v) is 12.9. The molecule has 1 aliphatic carbocycles. The van der Waals surface area contributed by atoms with E-state index in [1.807, 2.05) is 6.92 Å². The second-order valence-electron chi connectivity index (χ2n) is 6.65. The zero-order valence-electron chi connectivity index (χ0n) is 12.9. The fraction of sp³-hybridized carbons (Fsp3) is 0.750. The lowest BCUT2D eigenvalue weighted by atomic mass is 9.63. The van der Waals surface area contributed by atoms with Gasteiger partial charge in [0.05, 0.1) is 6.04 Å². The van der Waals surface area contributed by atoms with Gasteiger partial charge in [0.25, 0.3) is 0 Å². The van der Waals surface area contributed by atoms with E-state index in [4.69, 9.17) is 12.2 Å². The molecule has 0 radical (unpaired) electrons. The summed E-state index contributed by atoms with van der Waals surface area (Å²) >= 11 is 0. The Morgan fingerprint density at radius 2 is 2.10 bits per heavy atom. The smallest absolute Gasteiger partial charge is 0.347 e. The SMILES string of the molecule is C#CC(C)N1C(=O)N=C(N)C12CC(C)CCC2C(C)C. The molecule has 1 fully saturated rings. The summed E-state index contributed by atoms with van der Waals surface area (Å²) in [5.74, 6) is 4.44. The number of aliphatic imine (C=N–C) groups is 1. The molecule has 0 saturated heterocycles. The Balaban J connectivity index is 2.53. The molecule has 1 spiro atoms. The van der Waals surface area contributed by atoms with Crippen LogP contribution < -0.4 is 5.73 Å². The number of rotatable bonds is 2. The van der Waals surface area contributed by atoms with E-state index in [0.717, 1.165) is 12.8 Å². The van der Waals surface area contributed by atoms with Crippen LogP contribution in [0.3, 0.4) is 0 Å². The number of hydrogen-bond acceptors (Lipinski definition) is 2. The average Bonchev–Trinajstić information content (AvgIpc) is 2.60. The Labute approximate surface area is 121 Å². The summed E-state index contributed by atoms with van der Waals surface area (Å²) in [6, 6.07) is -0.549. The van der Waals surface area contributed by atoms with Crippen LogP contribution in [-0.4, -0.2) is 28.3 Å². The summed E-state index contributed by atoms with van der Waals surface area (Å²) in [5.41, 5.74) is 5.75. The minimum absolute atomic E-state index is 0.271. The summed E-state index contributed by atoms with van der Waals surface area (Å²) in [6.45, 7) is 8.48. The molecule has 1 heterocycles. The van der Waals surface area contributed by atoms with Crippen molar-refractivity contribution in [1.29, 1.82) is 0 Å². The van der Waals surface area contributed by atoms with E-state index in [0.29, 0.717) is 23.6 Å². The molecule has 4 atom stereocenters. The molecule has 110 valence electrons. The van der Waals surface area contributed by atoms with Crippen molar-refractivity contribution in [2.45, 2.75) is 58.5 Å². The van der Waals surface area contributed by atoms with Crippen LogP contribution in [0.4, 0.5) is 4.79 Å². The van der Waals surface area contributed by atoms with Crippen molar-refractivity contribution < 1.29 is 4.79 Å². The van der Waals surface area contributed by atoms with Gasteiger partial charge >= 0.3 is 6.03 Å². The van der Waals surface area contributed by atoms with Crippen molar-refractivity contribution in [3.05, 3.63) is 0 Å². The van der Waals surface area contributed by atoms with Crippen LogP contribution in [0.25, 0.3) is 0 Å². The van der Waals surface area contributed by atoms with Gasteiger partial charge in [-0.05, 0) is 37.5 Å². The van der Waals surface area contributed by atoms with Crippen LogP contribution in [0, 0.1) is 30.1 Å². The number of amidine groups is 1. The van der Waals surface area contributed by atoms with Gasteiger partial charge in [0.1, 0.15) is 11.4 Å². The van der Waals surface area contributed by atoms with Gasteiger partial charge in [0, 0.05) is 0 Å². The van der Waals surface area contributed by atoms with E-state index >= 15 is 0 Å². The van der Waals surface area contributed by atoms with Gasteiger partial charge < -0.3 is 5.73 Å². The second kappa shape index (κ2) is 5.12. The van der Waals surface area contributed by atoms with Crippen molar-refractivity contribution in [3.63, 3.8) is 0 Å². The molecule has 2 rings (SSSR count). The molecule has 1 saturated carbocycles. The van der Waals surface area contributed by atoms with Gasteiger partial charge in [-0.2, -0.15) is 4.99 Å². The van der Waals surface area contributed by atoms with Crippen LogP contribution >= 0.6 is 0 Å². The van der Waals surface area contributed by atoms with Crippen molar-refractivity contribution in [2.24, 2.45) is 28.5 Å². The summed E-state index contributed by atoms with van der Waals surface area (Å²) in [4.78, 5) is 18.1. The van der Waals surface area contributed by atoms with Crippen LogP contribution in [-0.2, 0) is 0 Å². The first kappa shape index (κ1) is 14.9. The van der Waals surface area contributed by atoms with Crippen molar-refractivity contribution in [3.8, 4) is 12.3 Å². The molecule has 4 heteroatoms. The minimum Gasteiger partial charge on any atom is -0.385 e. The Hall–Kier alpha value is -1.50. The third-order valence-electron chi connectivity index (χ3n) is 4.97. The number of carbonyl (C=O) groups is 1. The Morgan fingerprint density at radius 3 is 2.65 bits per heavy atom. The predicted molar refractivity (Wildman–Crippen MR) is 81.2 cm³/mol. The number of nitrogens with two attached hydrogens (primary N) is 1. The highest BCUT2D eigenvalue weighted by Gasteiger charge is 2.57. The molecule has 0 aromatic carbocycles. The first-order chi connectivity index (χ1) is 9.34. The third-order valence-corrected chi connectivity index (χ3v) is 4.97. The predicted octanol–water partition coefficient (Wildman–Crippen LogP) is 2.63. The van der Waals surface area contributed by atoms with Gasteiger partial charge in [0.2, 0.25) is 0 Å². The van der Waals surface area contributed by atoms with E-state index in [1.165, 1.54) is 6.42 Å². The molecule has 4 unspecified atom stereocenters. The molecule has 0 bridgehead atoms. The van der Waals surface area contributed by atoms with E-state index in [1.54, 1.807) is 4.90 Å². The summed E-state index contributed by atoms with van der Waals surface area (Å²) in [5, 5.41) is 0.